The molecule has 0 radical (unpaired) electrons. The Labute approximate surface area is 240 Å². The number of hydrogen-bond acceptors (Lipinski definition) is 2. The molecule has 0 saturated carbocycles. The molecule has 0 bridgehead atoms. The van der Waals surface area contributed by atoms with Gasteiger partial charge in [-0.25, -0.2) is 0 Å². The van der Waals surface area contributed by atoms with Crippen LogP contribution in [0.15, 0.2) is 83.4 Å². The van der Waals surface area contributed by atoms with Crippen LogP contribution in [0.2, 0.25) is 0 Å². The van der Waals surface area contributed by atoms with Crippen molar-refractivity contribution in [1.82, 2.24) is 0 Å². The number of allylic oxidation sites excluding steroid dienone is 5. The maximum Gasteiger partial charge on any atom is 0.0672 e. The van der Waals surface area contributed by atoms with Crippen LogP contribution in [-0.2, 0) is 17.3 Å². The average molecular weight is 527 g/mol. The number of likely N-dealkylation sites (N-methyl/N-ethyl adjacent to an activating group) is 1. The highest BCUT2D eigenvalue weighted by Gasteiger charge is 2.39. The van der Waals surface area contributed by atoms with Crippen LogP contribution in [0.5, 0.6) is 0 Å². The fourth-order valence-corrected chi connectivity index (χ4v) is 5.80. The molecule has 0 aliphatic carbocycles. The van der Waals surface area contributed by atoms with E-state index in [9.17, 15) is 0 Å². The van der Waals surface area contributed by atoms with Gasteiger partial charge in [-0.05, 0) is 66.5 Å². The Kier molecular flexibility index (Phi) is 12.0. The van der Waals surface area contributed by atoms with Crippen molar-refractivity contribution in [3.63, 3.8) is 0 Å². The number of aliphatic imine (C=N–C) groups is 1. The molecule has 0 amide bonds. The molecule has 0 N–H and O–H groups in total. The molecule has 2 aliphatic rings. The summed E-state index contributed by atoms with van der Waals surface area (Å²) in [6, 6.07) is 15.6. The van der Waals surface area contributed by atoms with Crippen LogP contribution in [-0.4, -0.2) is 19.3 Å². The number of rotatable bonds is 7. The lowest BCUT2D eigenvalue weighted by atomic mass is 9.75. The number of anilines is 1. The van der Waals surface area contributed by atoms with Gasteiger partial charge < -0.3 is 4.90 Å². The van der Waals surface area contributed by atoms with Crippen molar-refractivity contribution in [2.75, 3.05) is 18.5 Å². The molecule has 0 unspecified atom stereocenters. The number of hydrogen-bond donors (Lipinski definition) is 0. The molecule has 0 fully saturated rings. The van der Waals surface area contributed by atoms with E-state index in [0.717, 1.165) is 23.4 Å². The summed E-state index contributed by atoms with van der Waals surface area (Å²) in [6.07, 6.45) is 12.4. The van der Waals surface area contributed by atoms with E-state index in [1.807, 2.05) is 26.8 Å². The van der Waals surface area contributed by atoms with Gasteiger partial charge in [0.2, 0.25) is 0 Å². The van der Waals surface area contributed by atoms with Crippen LogP contribution in [0.3, 0.4) is 0 Å². The second kappa shape index (κ2) is 14.5. The van der Waals surface area contributed by atoms with E-state index in [2.05, 4.69) is 115 Å². The van der Waals surface area contributed by atoms with Crippen LogP contribution in [0.4, 0.5) is 11.4 Å². The molecular formula is C37H54N2. The molecule has 2 heterocycles. The molecule has 2 aromatic rings. The smallest absolute Gasteiger partial charge is 0.0672 e. The van der Waals surface area contributed by atoms with Gasteiger partial charge in [0.15, 0.2) is 0 Å². The fraction of sp³-hybridized carbons (Fsp3) is 0.486. The lowest BCUT2D eigenvalue weighted by molar-refractivity contribution is 0.381. The highest BCUT2D eigenvalue weighted by atomic mass is 15.1. The summed E-state index contributed by atoms with van der Waals surface area (Å²) in [5, 5.41) is 0. The van der Waals surface area contributed by atoms with Crippen molar-refractivity contribution >= 4 is 17.1 Å². The van der Waals surface area contributed by atoms with Crippen molar-refractivity contribution in [2.24, 2.45) is 4.99 Å². The van der Waals surface area contributed by atoms with E-state index in [1.165, 1.54) is 54.6 Å². The van der Waals surface area contributed by atoms with Gasteiger partial charge in [0, 0.05) is 31.1 Å². The van der Waals surface area contributed by atoms with Gasteiger partial charge in [0.05, 0.1) is 11.4 Å². The van der Waals surface area contributed by atoms with E-state index >= 15 is 0 Å². The van der Waals surface area contributed by atoms with Crippen molar-refractivity contribution in [3.8, 4) is 0 Å². The van der Waals surface area contributed by atoms with Crippen LogP contribution in [0.25, 0.3) is 0 Å². The van der Waals surface area contributed by atoms with Crippen molar-refractivity contribution < 1.29 is 0 Å². The summed E-state index contributed by atoms with van der Waals surface area (Å²) in [5.74, 6) is 0. The number of nitrogens with zero attached hydrogens (tertiary/aromatic N) is 2. The summed E-state index contributed by atoms with van der Waals surface area (Å²) in [4.78, 5) is 7.27. The van der Waals surface area contributed by atoms with Crippen LogP contribution < -0.4 is 4.90 Å². The normalized spacial score (nSPS) is 15.6. The largest absolute Gasteiger partial charge is 0.373 e. The van der Waals surface area contributed by atoms with Crippen molar-refractivity contribution in [3.05, 3.63) is 95.1 Å². The van der Waals surface area contributed by atoms with Gasteiger partial charge >= 0.3 is 0 Å². The predicted octanol–water partition coefficient (Wildman–Crippen LogP) is 10.7. The first-order valence-corrected chi connectivity index (χ1v) is 15.1. The van der Waals surface area contributed by atoms with Crippen LogP contribution in [0, 0.1) is 0 Å². The third-order valence-electron chi connectivity index (χ3n) is 7.64. The Hall–Kier alpha value is -2.87. The molecule has 212 valence electrons. The third kappa shape index (κ3) is 8.07. The van der Waals surface area contributed by atoms with E-state index in [0.29, 0.717) is 5.41 Å². The molecule has 2 aromatic carbocycles. The highest BCUT2D eigenvalue weighted by molar-refractivity contribution is 6.08. The second-order valence-electron chi connectivity index (χ2n) is 11.9. The predicted molar refractivity (Wildman–Crippen MR) is 176 cm³/mol. The molecule has 0 saturated heterocycles. The molecule has 39 heavy (non-hydrogen) atoms. The van der Waals surface area contributed by atoms with Crippen LogP contribution >= 0.6 is 0 Å². The molecule has 0 spiro atoms. The minimum atomic E-state index is 0.163. The minimum absolute atomic E-state index is 0.163. The third-order valence-corrected chi connectivity index (χ3v) is 7.64. The quantitative estimate of drug-likeness (QED) is 0.328. The Morgan fingerprint density at radius 3 is 2.23 bits per heavy atom. The maximum atomic E-state index is 4.84. The zero-order chi connectivity index (χ0) is 29.2. The van der Waals surface area contributed by atoms with E-state index in [1.54, 1.807) is 5.56 Å². The summed E-state index contributed by atoms with van der Waals surface area (Å²) in [5.41, 5.74) is 10.8. The Morgan fingerprint density at radius 2 is 1.67 bits per heavy atom. The minimum Gasteiger partial charge on any atom is -0.373 e. The van der Waals surface area contributed by atoms with Gasteiger partial charge in [-0.3, -0.25) is 4.99 Å². The first-order valence-electron chi connectivity index (χ1n) is 15.1. The van der Waals surface area contributed by atoms with Gasteiger partial charge in [0.25, 0.3) is 0 Å². The second-order valence-corrected chi connectivity index (χ2v) is 11.9. The van der Waals surface area contributed by atoms with E-state index in [4.69, 9.17) is 4.99 Å². The first-order chi connectivity index (χ1) is 18.5. The first kappa shape index (κ1) is 32.3. The van der Waals surface area contributed by atoms with Gasteiger partial charge in [-0.1, -0.05) is 122 Å². The molecular weight excluding hydrogens is 472 g/mol. The Balaban J connectivity index is 0.000000265. The Bertz CT molecular complexity index is 1180. The summed E-state index contributed by atoms with van der Waals surface area (Å²) < 4.78 is 0. The molecule has 4 rings (SSSR count). The van der Waals surface area contributed by atoms with Crippen LogP contribution in [0.1, 0.15) is 105 Å². The fourth-order valence-electron chi connectivity index (χ4n) is 5.80. The van der Waals surface area contributed by atoms with Crippen molar-refractivity contribution in [2.45, 2.75) is 105 Å². The monoisotopic (exact) mass is 526 g/mol. The van der Waals surface area contributed by atoms with E-state index in [-0.39, 0.29) is 5.41 Å². The summed E-state index contributed by atoms with van der Waals surface area (Å²) >= 11 is 0. The van der Waals surface area contributed by atoms with Crippen molar-refractivity contribution in [1.29, 1.82) is 0 Å². The number of para-hydroxylation sites is 1. The maximum absolute atomic E-state index is 4.84. The molecule has 0 atom stereocenters. The average Bonchev–Trinajstić information content (AvgIpc) is 3.44. The molecule has 2 aliphatic heterocycles. The summed E-state index contributed by atoms with van der Waals surface area (Å²) in [6.45, 7) is 24.5. The lowest BCUT2D eigenvalue weighted by Crippen LogP contribution is -2.31. The number of fused-ring (bicyclic) bond motifs is 2. The van der Waals surface area contributed by atoms with Gasteiger partial charge in [-0.2, -0.15) is 0 Å². The molecule has 2 heteroatoms. The van der Waals surface area contributed by atoms with Gasteiger partial charge in [0.1, 0.15) is 0 Å². The zero-order valence-electron chi connectivity index (χ0n) is 26.6. The number of benzene rings is 2. The highest BCUT2D eigenvalue weighted by Crippen LogP contribution is 2.45. The summed E-state index contributed by atoms with van der Waals surface area (Å²) in [7, 11) is 2.23. The zero-order valence-corrected chi connectivity index (χ0v) is 26.6. The van der Waals surface area contributed by atoms with Gasteiger partial charge in [-0.15, -0.1) is 0 Å². The Morgan fingerprint density at radius 1 is 1.03 bits per heavy atom. The molecule has 0 aromatic heterocycles. The topological polar surface area (TPSA) is 15.6 Å². The standard InChI is InChI=1S/C20H25N.C15H23N.C2H6/c1-7-15(9-8-14(2)3)18-12-16-10-11-17(20(4,5)6)13-19(16)21-18;1-4-10-15(11-5-2)12-16(3)14-9-7-6-8-13(14)15;1-2/h7-11,13H,2,12H2,1,3-6H3;6-9H,4-5,10-12H2,1-3H3;1-2H3/b9-8-,15-7+;;. The SMILES string of the molecule is C=C(C)/C=C\C(=C/C)C1=Nc2cc(C(C)(C)C)ccc2C1.CC.CCCC1(CCC)CN(C)c2ccccc21. The molecule has 2 nitrogen and oxygen atoms in total. The van der Waals surface area contributed by atoms with E-state index < -0.39 is 0 Å². The lowest BCUT2D eigenvalue weighted by Gasteiger charge is -2.29.